The highest BCUT2D eigenvalue weighted by Gasteiger charge is 2.28. The summed E-state index contributed by atoms with van der Waals surface area (Å²) in [4.78, 5) is 2.20. The molecule has 0 aromatic heterocycles. The highest BCUT2D eigenvalue weighted by Crippen LogP contribution is 2.18. The van der Waals surface area contributed by atoms with Crippen molar-refractivity contribution in [3.63, 3.8) is 0 Å². The first-order valence-electron chi connectivity index (χ1n) is 6.31. The molecule has 110 valence electrons. The smallest absolute Gasteiger partial charge is 0.153 e. The summed E-state index contributed by atoms with van der Waals surface area (Å²) < 4.78 is 36.4. The molecule has 1 unspecified atom stereocenters. The lowest BCUT2D eigenvalue weighted by Gasteiger charge is -2.33. The zero-order valence-corrected chi connectivity index (χ0v) is 12.8. The van der Waals surface area contributed by atoms with E-state index in [9.17, 15) is 12.8 Å². The fraction of sp³-hybridized carbons (Fsp3) is 0.462. The molecule has 1 aliphatic rings. The van der Waals surface area contributed by atoms with Gasteiger partial charge in [0.1, 0.15) is 10.8 Å². The predicted molar refractivity (Wildman–Crippen MR) is 80.8 cm³/mol. The molecule has 1 atom stereocenters. The summed E-state index contributed by atoms with van der Waals surface area (Å²) in [6, 6.07) is 4.27. The summed E-state index contributed by atoms with van der Waals surface area (Å²) in [5.74, 6) is -0.0804. The van der Waals surface area contributed by atoms with Crippen LogP contribution < -0.4 is 5.73 Å². The summed E-state index contributed by atoms with van der Waals surface area (Å²) in [6.45, 7) is 2.86. The van der Waals surface area contributed by atoms with E-state index in [0.29, 0.717) is 18.7 Å². The Labute approximate surface area is 123 Å². The molecule has 0 bridgehead atoms. The lowest BCUT2D eigenvalue weighted by molar-refractivity contribution is 0.218. The number of halogens is 1. The summed E-state index contributed by atoms with van der Waals surface area (Å²) in [5, 5.41) is 0. The maximum atomic E-state index is 13.3. The molecule has 0 aliphatic carbocycles. The number of nitrogens with zero attached hydrogens (tertiary/aromatic N) is 1. The first kappa shape index (κ1) is 15.3. The molecule has 0 spiro atoms. The van der Waals surface area contributed by atoms with E-state index in [-0.39, 0.29) is 28.4 Å². The van der Waals surface area contributed by atoms with Gasteiger partial charge in [0.15, 0.2) is 9.84 Å². The number of nitrogens with two attached hydrogens (primary N) is 1. The van der Waals surface area contributed by atoms with Gasteiger partial charge in [-0.2, -0.15) is 0 Å². The van der Waals surface area contributed by atoms with Gasteiger partial charge in [0, 0.05) is 24.7 Å². The third kappa shape index (κ3) is 3.53. The van der Waals surface area contributed by atoms with Crippen molar-refractivity contribution in [3.05, 3.63) is 35.1 Å². The largest absolute Gasteiger partial charge is 0.389 e. The topological polar surface area (TPSA) is 63.4 Å². The van der Waals surface area contributed by atoms with E-state index in [1.165, 1.54) is 12.1 Å². The van der Waals surface area contributed by atoms with Gasteiger partial charge in [-0.3, -0.25) is 4.90 Å². The maximum Gasteiger partial charge on any atom is 0.153 e. The highest BCUT2D eigenvalue weighted by molar-refractivity contribution is 7.91. The van der Waals surface area contributed by atoms with E-state index < -0.39 is 9.84 Å². The molecule has 1 aromatic carbocycles. The molecule has 1 fully saturated rings. The molecule has 2 N–H and O–H groups in total. The molecule has 7 heteroatoms. The molecule has 2 rings (SSSR count). The van der Waals surface area contributed by atoms with Crippen LogP contribution in [0.25, 0.3) is 0 Å². The Morgan fingerprint density at radius 3 is 2.85 bits per heavy atom. The number of benzene rings is 1. The summed E-state index contributed by atoms with van der Waals surface area (Å²) in [5.41, 5.74) is 6.96. The second kappa shape index (κ2) is 5.75. The third-order valence-electron chi connectivity index (χ3n) is 3.52. The first-order valence-corrected chi connectivity index (χ1v) is 8.54. The molecular formula is C13H17FN2O2S2. The Kier molecular flexibility index (Phi) is 4.41. The van der Waals surface area contributed by atoms with Crippen LogP contribution in [-0.4, -0.2) is 42.4 Å². The molecule has 1 aromatic rings. The van der Waals surface area contributed by atoms with Crippen LogP contribution in [-0.2, 0) is 16.4 Å². The molecule has 1 saturated heterocycles. The van der Waals surface area contributed by atoms with Gasteiger partial charge >= 0.3 is 0 Å². The lowest BCUT2D eigenvalue weighted by atomic mass is 10.1. The molecule has 1 heterocycles. The SMILES string of the molecule is CC1CS(=O)(=O)CCN1Cc1ccc(F)cc1C(N)=S. The number of hydrogen-bond acceptors (Lipinski definition) is 4. The van der Waals surface area contributed by atoms with Crippen molar-refractivity contribution in [1.29, 1.82) is 0 Å². The van der Waals surface area contributed by atoms with Gasteiger partial charge in [-0.15, -0.1) is 0 Å². The van der Waals surface area contributed by atoms with Gasteiger partial charge in [-0.05, 0) is 24.6 Å². The minimum Gasteiger partial charge on any atom is -0.389 e. The quantitative estimate of drug-likeness (QED) is 0.846. The van der Waals surface area contributed by atoms with Crippen molar-refractivity contribution in [2.24, 2.45) is 5.73 Å². The van der Waals surface area contributed by atoms with Gasteiger partial charge < -0.3 is 5.73 Å². The number of rotatable bonds is 3. The second-order valence-electron chi connectivity index (χ2n) is 5.10. The molecule has 0 saturated carbocycles. The van der Waals surface area contributed by atoms with Crippen molar-refractivity contribution in [2.75, 3.05) is 18.1 Å². The summed E-state index contributed by atoms with van der Waals surface area (Å²) in [7, 11) is -2.94. The monoisotopic (exact) mass is 316 g/mol. The van der Waals surface area contributed by atoms with Crippen LogP contribution in [0.3, 0.4) is 0 Å². The minimum atomic E-state index is -2.94. The van der Waals surface area contributed by atoms with Crippen LogP contribution in [0, 0.1) is 5.82 Å². The first-order chi connectivity index (χ1) is 9.28. The van der Waals surface area contributed by atoms with Crippen molar-refractivity contribution in [3.8, 4) is 0 Å². The standard InChI is InChI=1S/C13H17FN2O2S2/c1-9-8-20(17,18)5-4-16(9)7-10-2-3-11(14)6-12(10)13(15)19/h2-3,6,9H,4-5,7-8H2,1H3,(H2,15,19). The lowest BCUT2D eigenvalue weighted by Crippen LogP contribution is -2.46. The second-order valence-corrected chi connectivity index (χ2v) is 7.77. The predicted octanol–water partition coefficient (Wildman–Crippen LogP) is 1.08. The molecule has 0 amide bonds. The zero-order valence-electron chi connectivity index (χ0n) is 11.2. The number of sulfone groups is 1. The minimum absolute atomic E-state index is 0.0713. The molecule has 20 heavy (non-hydrogen) atoms. The van der Waals surface area contributed by atoms with E-state index >= 15 is 0 Å². The Morgan fingerprint density at radius 2 is 2.25 bits per heavy atom. The molecular weight excluding hydrogens is 299 g/mol. The van der Waals surface area contributed by atoms with Gasteiger partial charge in [-0.25, -0.2) is 12.8 Å². The fourth-order valence-electron chi connectivity index (χ4n) is 2.40. The van der Waals surface area contributed by atoms with Gasteiger partial charge in [0.05, 0.1) is 11.5 Å². The van der Waals surface area contributed by atoms with Crippen molar-refractivity contribution in [2.45, 2.75) is 19.5 Å². The normalized spacial score (nSPS) is 22.6. The van der Waals surface area contributed by atoms with E-state index in [1.54, 1.807) is 6.07 Å². The highest BCUT2D eigenvalue weighted by atomic mass is 32.2. The van der Waals surface area contributed by atoms with Gasteiger partial charge in [-0.1, -0.05) is 18.3 Å². The van der Waals surface area contributed by atoms with Crippen LogP contribution in [0.4, 0.5) is 4.39 Å². The van der Waals surface area contributed by atoms with Crippen LogP contribution in [0.5, 0.6) is 0 Å². The molecule has 0 radical (unpaired) electrons. The Bertz CT molecular complexity index is 631. The van der Waals surface area contributed by atoms with E-state index in [2.05, 4.69) is 4.90 Å². The zero-order chi connectivity index (χ0) is 14.9. The Morgan fingerprint density at radius 1 is 1.55 bits per heavy atom. The number of hydrogen-bond donors (Lipinski definition) is 1. The third-order valence-corrected chi connectivity index (χ3v) is 5.53. The Balaban J connectivity index is 2.21. The van der Waals surface area contributed by atoms with E-state index in [0.717, 1.165) is 5.56 Å². The van der Waals surface area contributed by atoms with Crippen molar-refractivity contribution in [1.82, 2.24) is 4.90 Å². The fourth-order valence-corrected chi connectivity index (χ4v) is 4.22. The molecule has 4 nitrogen and oxygen atoms in total. The van der Waals surface area contributed by atoms with E-state index in [1.807, 2.05) is 6.92 Å². The van der Waals surface area contributed by atoms with Crippen LogP contribution >= 0.6 is 12.2 Å². The average molecular weight is 316 g/mol. The van der Waals surface area contributed by atoms with Crippen LogP contribution in [0.2, 0.25) is 0 Å². The van der Waals surface area contributed by atoms with Crippen molar-refractivity contribution >= 4 is 27.0 Å². The Hall–Kier alpha value is -1.05. The van der Waals surface area contributed by atoms with Crippen molar-refractivity contribution < 1.29 is 12.8 Å². The van der Waals surface area contributed by atoms with E-state index in [4.69, 9.17) is 18.0 Å². The van der Waals surface area contributed by atoms with Gasteiger partial charge in [0.25, 0.3) is 0 Å². The summed E-state index contributed by atoms with van der Waals surface area (Å²) in [6.07, 6.45) is 0. The number of thiocarbonyl (C=S) groups is 1. The maximum absolute atomic E-state index is 13.3. The average Bonchev–Trinajstić information content (AvgIpc) is 2.33. The summed E-state index contributed by atoms with van der Waals surface area (Å²) >= 11 is 4.94. The molecule has 1 aliphatic heterocycles. The van der Waals surface area contributed by atoms with Crippen LogP contribution in [0.1, 0.15) is 18.1 Å². The van der Waals surface area contributed by atoms with Gasteiger partial charge in [0.2, 0.25) is 0 Å². The van der Waals surface area contributed by atoms with Crippen LogP contribution in [0.15, 0.2) is 18.2 Å².